The van der Waals surface area contributed by atoms with E-state index in [2.05, 4.69) is 19.3 Å². The number of nitrogen functional groups attached to an aromatic ring is 1. The molecule has 12 N–H and O–H groups in total. The molecule has 2 aromatic rings. The Morgan fingerprint density at radius 3 is 2.25 bits per heavy atom. The lowest BCUT2D eigenvalue weighted by atomic mass is 10.1. The predicted octanol–water partition coefficient (Wildman–Crippen LogP) is -4.33. The van der Waals surface area contributed by atoms with Crippen molar-refractivity contribution in [3.05, 3.63) is 36.6 Å². The first-order valence-electron chi connectivity index (χ1n) is 13.6. The third-order valence-electron chi connectivity index (χ3n) is 7.25. The Kier molecular flexibility index (Phi) is 10.7. The van der Waals surface area contributed by atoms with Crippen LogP contribution in [0.2, 0.25) is 0 Å². The molecule has 0 spiro atoms. The second kappa shape index (κ2) is 14.0. The molecule has 5 heterocycles. The number of carbonyl (C=O) groups excluding carboxylic acids is 1. The Balaban J connectivity index is 1.20. The van der Waals surface area contributed by atoms with Crippen molar-refractivity contribution >= 4 is 46.4 Å². The number of aromatic nitrogens is 4. The molecule has 48 heavy (non-hydrogen) atoms. The van der Waals surface area contributed by atoms with Gasteiger partial charge in [-0.05, 0) is 12.2 Å². The van der Waals surface area contributed by atoms with Crippen LogP contribution in [0.4, 0.5) is 5.82 Å². The molecule has 3 aliphatic rings. The fourth-order valence-electron chi connectivity index (χ4n) is 5.09. The molecule has 24 nitrogen and oxygen atoms in total. The minimum atomic E-state index is -5.51. The number of amides is 1. The number of nitrogens with one attached hydrogen (secondary N) is 1. The number of nitrogens with two attached hydrogens (primary N) is 2. The number of aliphatic hydroxyl groups is 3. The van der Waals surface area contributed by atoms with Crippen molar-refractivity contribution in [3.63, 3.8) is 0 Å². The van der Waals surface area contributed by atoms with Gasteiger partial charge in [0.05, 0.1) is 25.1 Å². The molecule has 266 valence electrons. The lowest BCUT2D eigenvalue weighted by molar-refractivity contribution is -0.897. The second-order valence-corrected chi connectivity index (χ2v) is 14.8. The maximum atomic E-state index is 12.6. The maximum absolute atomic E-state index is 12.6. The van der Waals surface area contributed by atoms with E-state index in [-0.39, 0.29) is 29.1 Å². The SMILES string of the molecule is NC(=O)C1=C[NH+]([C@@H]2O[C@H](COP(=O)(O)OP(=O)(O)OC[C@H]3O[C@@H](n4cnc5c(N)ncnc54)[C@H](OP(=O)(O)O)[C@@H]3O)[C@@H](O)[C@H]2O)CC=C1. The summed E-state index contributed by atoms with van der Waals surface area (Å²) < 4.78 is 67.3. The van der Waals surface area contributed by atoms with Crippen LogP contribution in [-0.2, 0) is 45.8 Å². The average molecular weight is 746 g/mol. The van der Waals surface area contributed by atoms with Gasteiger partial charge in [0.25, 0.3) is 5.91 Å². The van der Waals surface area contributed by atoms with E-state index in [4.69, 9.17) is 34.5 Å². The van der Waals surface area contributed by atoms with Crippen LogP contribution in [0.25, 0.3) is 11.2 Å². The lowest BCUT2D eigenvalue weighted by Crippen LogP contribution is -3.13. The highest BCUT2D eigenvalue weighted by Crippen LogP contribution is 2.61. The number of ether oxygens (including phenoxy) is 2. The number of hydrogen-bond acceptors (Lipinski definition) is 17. The Bertz CT molecular complexity index is 1740. The molecule has 0 aromatic carbocycles. The summed E-state index contributed by atoms with van der Waals surface area (Å²) >= 11 is 0. The van der Waals surface area contributed by atoms with Crippen LogP contribution >= 0.6 is 23.5 Å². The molecule has 3 aliphatic heterocycles. The van der Waals surface area contributed by atoms with Crippen LogP contribution < -0.4 is 16.4 Å². The summed E-state index contributed by atoms with van der Waals surface area (Å²) in [5, 5.41) is 31.6. The molecule has 11 atom stereocenters. The summed E-state index contributed by atoms with van der Waals surface area (Å²) in [5.41, 5.74) is 11.2. The number of nitrogens with zero attached hydrogens (tertiary/aromatic N) is 4. The topological polar surface area (TPSA) is 365 Å². The normalized spacial score (nSPS) is 33.4. The van der Waals surface area contributed by atoms with Gasteiger partial charge in [-0.1, -0.05) is 0 Å². The highest BCUT2D eigenvalue weighted by Gasteiger charge is 2.51. The highest BCUT2D eigenvalue weighted by atomic mass is 31.3. The number of fused-ring (bicyclic) bond motifs is 1. The van der Waals surface area contributed by atoms with E-state index in [9.17, 15) is 53.4 Å². The zero-order chi connectivity index (χ0) is 35.2. The van der Waals surface area contributed by atoms with Gasteiger partial charge >= 0.3 is 23.5 Å². The number of imidazole rings is 1. The number of anilines is 1. The van der Waals surface area contributed by atoms with Gasteiger partial charge in [-0.3, -0.25) is 27.8 Å². The summed E-state index contributed by atoms with van der Waals surface area (Å²) in [4.78, 5) is 62.6. The van der Waals surface area contributed by atoms with Gasteiger partial charge in [-0.25, -0.2) is 28.6 Å². The standard InChI is InChI=1S/C21H30N7O17P3/c22-17-12-19(25-7-24-17)28(8-26-12)21-16(44-46(33,34)35)14(30)11(43-21)6-41-48(38,39)45-47(36,37)40-5-10-13(29)15(31)20(42-10)27-3-1-2-9(4-27)18(23)32/h1-2,4,7-8,10-11,13-16,20-21,29-31H,3,5-6H2,(H2,23,32)(H,36,37)(H,38,39)(H2,22,24,25)(H2,33,34,35)/p+1/t10-,11-,13-,14-,15-,16-,20-,21-/m1/s1. The minimum Gasteiger partial charge on any atom is -0.387 e. The molecule has 5 rings (SSSR count). The molecule has 0 radical (unpaired) electrons. The molecule has 0 saturated carbocycles. The Hall–Kier alpha value is -2.57. The molecule has 1 amide bonds. The van der Waals surface area contributed by atoms with Crippen molar-refractivity contribution in [3.8, 4) is 0 Å². The summed E-state index contributed by atoms with van der Waals surface area (Å²) in [6, 6.07) is 0. The molecule has 2 aromatic heterocycles. The van der Waals surface area contributed by atoms with Crippen LogP contribution in [-0.4, -0.2) is 123 Å². The Morgan fingerprint density at radius 2 is 1.62 bits per heavy atom. The monoisotopic (exact) mass is 746 g/mol. The van der Waals surface area contributed by atoms with Gasteiger partial charge in [-0.2, -0.15) is 4.31 Å². The fraction of sp³-hybridized carbons (Fsp3) is 0.524. The third kappa shape index (κ3) is 8.24. The summed E-state index contributed by atoms with van der Waals surface area (Å²) in [7, 11) is -16.2. The van der Waals surface area contributed by atoms with Gasteiger partial charge in [0.15, 0.2) is 23.8 Å². The first-order chi connectivity index (χ1) is 22.4. The van der Waals surface area contributed by atoms with E-state index in [1.165, 1.54) is 12.3 Å². The van der Waals surface area contributed by atoms with Crippen molar-refractivity contribution in [1.82, 2.24) is 19.5 Å². The van der Waals surface area contributed by atoms with Crippen molar-refractivity contribution in [1.29, 1.82) is 0 Å². The van der Waals surface area contributed by atoms with E-state index in [1.807, 2.05) is 0 Å². The molecule has 27 heteroatoms. The quantitative estimate of drug-likeness (QED) is 0.0866. The van der Waals surface area contributed by atoms with E-state index < -0.39 is 91.7 Å². The summed E-state index contributed by atoms with van der Waals surface area (Å²) in [6.45, 7) is -1.78. The first kappa shape index (κ1) is 36.7. The van der Waals surface area contributed by atoms with Gasteiger partial charge in [0.1, 0.15) is 55.1 Å². The second-order valence-electron chi connectivity index (χ2n) is 10.5. The van der Waals surface area contributed by atoms with Crippen LogP contribution in [0, 0.1) is 0 Å². The highest BCUT2D eigenvalue weighted by molar-refractivity contribution is 7.61. The number of phosphoric ester groups is 3. The van der Waals surface area contributed by atoms with E-state index in [0.29, 0.717) is 4.90 Å². The molecule has 3 unspecified atom stereocenters. The van der Waals surface area contributed by atoms with Crippen molar-refractivity contribution in [2.45, 2.75) is 49.1 Å². The van der Waals surface area contributed by atoms with E-state index in [0.717, 1.165) is 17.2 Å². The summed E-state index contributed by atoms with van der Waals surface area (Å²) in [6.07, 6.45) is -6.29. The smallest absolute Gasteiger partial charge is 0.387 e. The van der Waals surface area contributed by atoms with Crippen molar-refractivity contribution in [2.24, 2.45) is 5.73 Å². The Morgan fingerprint density at radius 1 is 0.979 bits per heavy atom. The van der Waals surface area contributed by atoms with E-state index >= 15 is 0 Å². The number of phosphoric acid groups is 3. The number of quaternary nitrogens is 1. The number of primary amides is 1. The lowest BCUT2D eigenvalue weighted by Gasteiger charge is -2.25. The van der Waals surface area contributed by atoms with Crippen LogP contribution in [0.15, 0.2) is 36.6 Å². The van der Waals surface area contributed by atoms with Gasteiger partial charge in [0, 0.05) is 0 Å². The number of rotatable bonds is 13. The zero-order valence-corrected chi connectivity index (χ0v) is 26.8. The Labute approximate surface area is 268 Å². The largest absolute Gasteiger partial charge is 0.481 e. The van der Waals surface area contributed by atoms with E-state index in [1.54, 1.807) is 6.08 Å². The number of carbonyl (C=O) groups is 1. The molecular formula is C21H31N7O17P3+. The average Bonchev–Trinajstić information content (AvgIpc) is 3.64. The molecule has 0 aliphatic carbocycles. The van der Waals surface area contributed by atoms with Gasteiger partial charge in [-0.15, -0.1) is 0 Å². The van der Waals surface area contributed by atoms with Gasteiger partial charge < -0.3 is 55.8 Å². The minimum absolute atomic E-state index is 0.00589. The summed E-state index contributed by atoms with van der Waals surface area (Å²) in [5.74, 6) is -0.805. The van der Waals surface area contributed by atoms with Crippen molar-refractivity contribution in [2.75, 3.05) is 25.5 Å². The van der Waals surface area contributed by atoms with Gasteiger partial charge in [0.2, 0.25) is 6.23 Å². The zero-order valence-electron chi connectivity index (χ0n) is 24.1. The first-order valence-corrected chi connectivity index (χ1v) is 18.1. The molecular weight excluding hydrogens is 715 g/mol. The molecule has 0 bridgehead atoms. The predicted molar refractivity (Wildman–Crippen MR) is 152 cm³/mol. The third-order valence-corrected chi connectivity index (χ3v) is 10.4. The molecule has 2 saturated heterocycles. The van der Waals surface area contributed by atoms with Crippen LogP contribution in [0.5, 0.6) is 0 Å². The number of hydrogen-bond donors (Lipinski definition) is 10. The van der Waals surface area contributed by atoms with Crippen molar-refractivity contribution < 1.29 is 85.6 Å². The molecule has 2 fully saturated rings. The van der Waals surface area contributed by atoms with Crippen LogP contribution in [0.3, 0.4) is 0 Å². The maximum Gasteiger partial charge on any atom is 0.481 e. The number of aliphatic hydroxyl groups excluding tert-OH is 3. The van der Waals surface area contributed by atoms with Crippen LogP contribution in [0.1, 0.15) is 6.23 Å². The fourth-order valence-corrected chi connectivity index (χ4v) is 7.73.